The average molecular weight is 469 g/mol. The second kappa shape index (κ2) is 9.84. The third kappa shape index (κ3) is 5.09. The zero-order chi connectivity index (χ0) is 22.5. The molecule has 0 saturated carbocycles. The zero-order valence-corrected chi connectivity index (χ0v) is 18.5. The van der Waals surface area contributed by atoms with Crippen LogP contribution in [0.5, 0.6) is 11.5 Å². The first-order valence-corrected chi connectivity index (χ1v) is 11.0. The molecule has 0 aliphatic carbocycles. The Morgan fingerprint density at radius 1 is 1.06 bits per heavy atom. The van der Waals surface area contributed by atoms with E-state index in [4.69, 9.17) is 16.3 Å². The van der Waals surface area contributed by atoms with Crippen LogP contribution in [0.1, 0.15) is 0 Å². The van der Waals surface area contributed by atoms with Crippen molar-refractivity contribution in [1.82, 2.24) is 14.8 Å². The number of ether oxygens (including phenoxy) is 1. The Morgan fingerprint density at radius 3 is 2.53 bits per heavy atom. The van der Waals surface area contributed by atoms with Crippen LogP contribution in [0.3, 0.4) is 0 Å². The number of para-hydroxylation sites is 1. The van der Waals surface area contributed by atoms with Gasteiger partial charge >= 0.3 is 0 Å². The SMILES string of the molecule is Cn1c(SCC(=O)Nc2ccc(Oc3ccccc3Cl)cc2)nnc1-c1ccccc1F. The van der Waals surface area contributed by atoms with E-state index in [2.05, 4.69) is 15.5 Å². The summed E-state index contributed by atoms with van der Waals surface area (Å²) in [5.41, 5.74) is 0.991. The van der Waals surface area contributed by atoms with Crippen LogP contribution < -0.4 is 10.1 Å². The normalized spacial score (nSPS) is 10.7. The van der Waals surface area contributed by atoms with E-state index in [9.17, 15) is 9.18 Å². The lowest BCUT2D eigenvalue weighted by atomic mass is 10.2. The number of anilines is 1. The molecule has 4 rings (SSSR count). The molecule has 32 heavy (non-hydrogen) atoms. The van der Waals surface area contributed by atoms with E-state index in [-0.39, 0.29) is 17.5 Å². The molecule has 1 N–H and O–H groups in total. The maximum atomic E-state index is 14.0. The van der Waals surface area contributed by atoms with E-state index in [1.54, 1.807) is 66.2 Å². The molecule has 4 aromatic rings. The zero-order valence-electron chi connectivity index (χ0n) is 17.0. The highest BCUT2D eigenvalue weighted by Gasteiger charge is 2.15. The predicted molar refractivity (Wildman–Crippen MR) is 124 cm³/mol. The fourth-order valence-corrected chi connectivity index (χ4v) is 3.79. The number of aromatic nitrogens is 3. The Morgan fingerprint density at radius 2 is 1.78 bits per heavy atom. The van der Waals surface area contributed by atoms with E-state index in [1.807, 2.05) is 12.1 Å². The van der Waals surface area contributed by atoms with Crippen molar-refractivity contribution in [3.8, 4) is 22.9 Å². The van der Waals surface area contributed by atoms with Crippen molar-refractivity contribution in [3.63, 3.8) is 0 Å². The van der Waals surface area contributed by atoms with E-state index in [0.29, 0.717) is 38.8 Å². The van der Waals surface area contributed by atoms with Crippen LogP contribution in [0.2, 0.25) is 5.02 Å². The van der Waals surface area contributed by atoms with E-state index in [0.717, 1.165) is 0 Å². The summed E-state index contributed by atoms with van der Waals surface area (Å²) >= 11 is 7.32. The highest BCUT2D eigenvalue weighted by Crippen LogP contribution is 2.29. The molecule has 1 aromatic heterocycles. The van der Waals surface area contributed by atoms with Crippen LogP contribution >= 0.6 is 23.4 Å². The van der Waals surface area contributed by atoms with Gasteiger partial charge < -0.3 is 14.6 Å². The van der Waals surface area contributed by atoms with Crippen molar-refractivity contribution in [1.29, 1.82) is 0 Å². The summed E-state index contributed by atoms with van der Waals surface area (Å²) in [6, 6.07) is 20.5. The Balaban J connectivity index is 1.34. The molecular formula is C23H18ClFN4O2S. The van der Waals surface area contributed by atoms with Crippen LogP contribution in [-0.4, -0.2) is 26.4 Å². The van der Waals surface area contributed by atoms with Gasteiger partial charge in [0.1, 0.15) is 17.3 Å². The largest absolute Gasteiger partial charge is 0.456 e. The van der Waals surface area contributed by atoms with Gasteiger partial charge in [-0.05, 0) is 48.5 Å². The first kappa shape index (κ1) is 21.9. The molecule has 0 saturated heterocycles. The number of rotatable bonds is 7. The fourth-order valence-electron chi connectivity index (χ4n) is 2.91. The number of hydrogen-bond donors (Lipinski definition) is 1. The first-order chi connectivity index (χ1) is 15.5. The number of nitrogens with zero attached hydrogens (tertiary/aromatic N) is 3. The van der Waals surface area contributed by atoms with E-state index in [1.165, 1.54) is 17.8 Å². The van der Waals surface area contributed by atoms with Gasteiger partial charge in [0, 0.05) is 12.7 Å². The van der Waals surface area contributed by atoms with Gasteiger partial charge in [-0.3, -0.25) is 4.79 Å². The molecule has 0 unspecified atom stereocenters. The molecule has 1 amide bonds. The van der Waals surface area contributed by atoms with Crippen LogP contribution in [0.25, 0.3) is 11.4 Å². The molecule has 0 fully saturated rings. The van der Waals surface area contributed by atoms with Crippen LogP contribution in [0.15, 0.2) is 78.0 Å². The minimum atomic E-state index is -0.376. The molecule has 0 spiro atoms. The third-order valence-corrected chi connectivity index (χ3v) is 5.82. The van der Waals surface area contributed by atoms with Crippen LogP contribution in [0, 0.1) is 5.82 Å². The number of nitrogens with one attached hydrogen (secondary N) is 1. The van der Waals surface area contributed by atoms with Gasteiger partial charge in [0.25, 0.3) is 0 Å². The summed E-state index contributed by atoms with van der Waals surface area (Å²) in [6.45, 7) is 0. The summed E-state index contributed by atoms with van der Waals surface area (Å²) in [6.07, 6.45) is 0. The Bertz CT molecular complexity index is 1250. The molecule has 0 aliphatic rings. The van der Waals surface area contributed by atoms with Crippen molar-refractivity contribution in [3.05, 3.63) is 83.6 Å². The Labute approximate surface area is 193 Å². The second-order valence-electron chi connectivity index (χ2n) is 6.74. The third-order valence-electron chi connectivity index (χ3n) is 4.48. The number of thioether (sulfide) groups is 1. The smallest absolute Gasteiger partial charge is 0.234 e. The summed E-state index contributed by atoms with van der Waals surface area (Å²) < 4.78 is 21.4. The van der Waals surface area contributed by atoms with Gasteiger partial charge in [-0.1, -0.05) is 47.6 Å². The number of halogens is 2. The number of carbonyl (C=O) groups excluding carboxylic acids is 1. The highest BCUT2D eigenvalue weighted by atomic mass is 35.5. The van der Waals surface area contributed by atoms with Gasteiger partial charge in [-0.15, -0.1) is 10.2 Å². The molecule has 3 aromatic carbocycles. The maximum absolute atomic E-state index is 14.0. The quantitative estimate of drug-likeness (QED) is 0.347. The number of carbonyl (C=O) groups is 1. The minimum Gasteiger partial charge on any atom is -0.456 e. The van der Waals surface area contributed by atoms with Gasteiger partial charge in [0.2, 0.25) is 5.91 Å². The van der Waals surface area contributed by atoms with E-state index < -0.39 is 0 Å². The summed E-state index contributed by atoms with van der Waals surface area (Å²) in [4.78, 5) is 12.4. The van der Waals surface area contributed by atoms with Crippen molar-refractivity contribution in [2.24, 2.45) is 7.05 Å². The Kier molecular flexibility index (Phi) is 6.72. The molecule has 0 atom stereocenters. The highest BCUT2D eigenvalue weighted by molar-refractivity contribution is 7.99. The van der Waals surface area contributed by atoms with Gasteiger partial charge in [-0.2, -0.15) is 0 Å². The van der Waals surface area contributed by atoms with Gasteiger partial charge in [-0.25, -0.2) is 4.39 Å². The van der Waals surface area contributed by atoms with E-state index >= 15 is 0 Å². The lowest BCUT2D eigenvalue weighted by Crippen LogP contribution is -2.14. The average Bonchev–Trinajstić information content (AvgIpc) is 3.15. The van der Waals surface area contributed by atoms with Crippen molar-refractivity contribution in [2.75, 3.05) is 11.1 Å². The van der Waals surface area contributed by atoms with Gasteiger partial charge in [0.05, 0.1) is 16.3 Å². The number of amides is 1. The number of hydrogen-bond acceptors (Lipinski definition) is 5. The number of benzene rings is 3. The lowest BCUT2D eigenvalue weighted by molar-refractivity contribution is -0.113. The first-order valence-electron chi connectivity index (χ1n) is 9.60. The summed E-state index contributed by atoms with van der Waals surface area (Å²) in [7, 11) is 1.74. The van der Waals surface area contributed by atoms with Crippen molar-refractivity contribution >= 4 is 35.0 Å². The fraction of sp³-hybridized carbons (Fsp3) is 0.0870. The van der Waals surface area contributed by atoms with Crippen molar-refractivity contribution < 1.29 is 13.9 Å². The van der Waals surface area contributed by atoms with Crippen LogP contribution in [0.4, 0.5) is 10.1 Å². The minimum absolute atomic E-state index is 0.126. The molecule has 1 heterocycles. The second-order valence-corrected chi connectivity index (χ2v) is 8.09. The topological polar surface area (TPSA) is 69.0 Å². The molecule has 0 bridgehead atoms. The monoisotopic (exact) mass is 468 g/mol. The summed E-state index contributed by atoms with van der Waals surface area (Å²) in [5, 5.41) is 12.0. The molecule has 162 valence electrons. The molecule has 6 nitrogen and oxygen atoms in total. The molecule has 0 radical (unpaired) electrons. The molecule has 0 aliphatic heterocycles. The van der Waals surface area contributed by atoms with Crippen LogP contribution in [-0.2, 0) is 11.8 Å². The molecule has 9 heteroatoms. The molecular weight excluding hydrogens is 451 g/mol. The predicted octanol–water partition coefficient (Wildman–Crippen LogP) is 5.80. The standard InChI is InChI=1S/C23H18ClFN4O2S/c1-29-22(17-6-2-4-8-19(17)25)27-28-23(29)32-14-21(30)26-15-10-12-16(13-11-15)31-20-9-5-3-7-18(20)24/h2-13H,14H2,1H3,(H,26,30). The summed E-state index contributed by atoms with van der Waals surface area (Å²) in [5.74, 6) is 1.11. The lowest BCUT2D eigenvalue weighted by Gasteiger charge is -2.09. The van der Waals surface area contributed by atoms with Gasteiger partial charge in [0.15, 0.2) is 11.0 Å². The maximum Gasteiger partial charge on any atom is 0.234 e. The Hall–Kier alpha value is -3.36. The van der Waals surface area contributed by atoms with Crippen molar-refractivity contribution in [2.45, 2.75) is 5.16 Å².